The minimum absolute atomic E-state index is 0.142. The van der Waals surface area contributed by atoms with Gasteiger partial charge in [0.25, 0.3) is 10.0 Å². The van der Waals surface area contributed by atoms with Crippen molar-refractivity contribution in [2.45, 2.75) is 4.90 Å². The van der Waals surface area contributed by atoms with Crippen molar-refractivity contribution in [2.24, 2.45) is 0 Å². The number of hydrogen-bond acceptors (Lipinski definition) is 3. The highest BCUT2D eigenvalue weighted by atomic mass is 32.2. The van der Waals surface area contributed by atoms with Crippen LogP contribution in [0.5, 0.6) is 0 Å². The lowest BCUT2D eigenvalue weighted by Gasteiger charge is -2.06. The summed E-state index contributed by atoms with van der Waals surface area (Å²) in [5.74, 6) is -0.663. The van der Waals surface area contributed by atoms with Gasteiger partial charge in [0.15, 0.2) is 5.82 Å². The summed E-state index contributed by atoms with van der Waals surface area (Å²) < 4.78 is 40.2. The molecule has 0 saturated carbocycles. The number of hydrogen-bond donors (Lipinski definition) is 2. The van der Waals surface area contributed by atoms with Gasteiger partial charge in [-0.25, -0.2) is 12.8 Å². The summed E-state index contributed by atoms with van der Waals surface area (Å²) in [5.41, 5.74) is 0.693. The molecule has 3 aromatic rings. The molecule has 1 aromatic heterocycles. The smallest absolute Gasteiger partial charge is 0.266 e. The predicted molar refractivity (Wildman–Crippen MR) is 73.3 cm³/mol. The number of sulfonamides is 1. The molecule has 0 spiro atoms. The molecule has 2 N–H and O–H groups in total. The molecule has 0 atom stereocenters. The number of nitrogens with one attached hydrogen (secondary N) is 2. The molecule has 5 nitrogen and oxygen atoms in total. The normalized spacial score (nSPS) is 11.7. The first kappa shape index (κ1) is 12.6. The minimum atomic E-state index is -4.01. The van der Waals surface area contributed by atoms with Crippen LogP contribution in [-0.2, 0) is 10.0 Å². The highest BCUT2D eigenvalue weighted by molar-refractivity contribution is 7.92. The van der Waals surface area contributed by atoms with Crippen molar-refractivity contribution in [3.8, 4) is 0 Å². The second kappa shape index (κ2) is 4.61. The fraction of sp³-hybridized carbons (Fsp3) is 0. The molecule has 0 radical (unpaired) electrons. The van der Waals surface area contributed by atoms with Crippen LogP contribution in [0.25, 0.3) is 10.9 Å². The van der Waals surface area contributed by atoms with Crippen molar-refractivity contribution >= 4 is 26.7 Å². The van der Waals surface area contributed by atoms with Crippen LogP contribution in [0, 0.1) is 5.82 Å². The Morgan fingerprint density at radius 1 is 1.05 bits per heavy atom. The van der Waals surface area contributed by atoms with E-state index in [-0.39, 0.29) is 5.82 Å². The topological polar surface area (TPSA) is 74.8 Å². The number of H-pyrrole nitrogens is 1. The van der Waals surface area contributed by atoms with E-state index in [1.807, 2.05) is 0 Å². The number of nitrogens with zero attached hydrogens (tertiary/aromatic N) is 1. The van der Waals surface area contributed by atoms with Gasteiger partial charge in [0, 0.05) is 5.39 Å². The van der Waals surface area contributed by atoms with E-state index in [1.54, 1.807) is 24.3 Å². The summed E-state index contributed by atoms with van der Waals surface area (Å²) >= 11 is 0. The zero-order chi connectivity index (χ0) is 14.2. The Hall–Kier alpha value is -2.41. The molecular formula is C13H10FN3O2S. The van der Waals surface area contributed by atoms with Crippen LogP contribution in [0.15, 0.2) is 53.4 Å². The van der Waals surface area contributed by atoms with Gasteiger partial charge in [0.05, 0.1) is 5.52 Å². The third-order valence-corrected chi connectivity index (χ3v) is 4.20. The van der Waals surface area contributed by atoms with Crippen LogP contribution in [-0.4, -0.2) is 18.6 Å². The van der Waals surface area contributed by atoms with Crippen LogP contribution in [0.1, 0.15) is 0 Å². The van der Waals surface area contributed by atoms with Gasteiger partial charge in [-0.3, -0.25) is 9.82 Å². The molecule has 1 heterocycles. The molecular weight excluding hydrogens is 281 g/mol. The average Bonchev–Trinajstić information content (AvgIpc) is 2.82. The molecule has 0 aliphatic rings. The maximum atomic E-state index is 13.6. The van der Waals surface area contributed by atoms with Crippen molar-refractivity contribution in [1.82, 2.24) is 10.2 Å². The maximum Gasteiger partial charge on any atom is 0.266 e. The highest BCUT2D eigenvalue weighted by Crippen LogP contribution is 2.23. The Balaban J connectivity index is 2.04. The van der Waals surface area contributed by atoms with Crippen molar-refractivity contribution in [1.29, 1.82) is 0 Å². The summed E-state index contributed by atoms with van der Waals surface area (Å²) in [4.78, 5) is -0.410. The number of halogens is 1. The molecule has 20 heavy (non-hydrogen) atoms. The van der Waals surface area contributed by atoms with Crippen molar-refractivity contribution in [3.63, 3.8) is 0 Å². The number of anilines is 1. The van der Waals surface area contributed by atoms with Gasteiger partial charge in [-0.05, 0) is 24.3 Å². The standard InChI is InChI=1S/C13H10FN3O2S/c14-10-6-2-4-8-12(10)20(18,19)17-13-9-5-1-3-7-11(9)15-16-13/h1-8H,(H2,15,16,17). The highest BCUT2D eigenvalue weighted by Gasteiger charge is 2.20. The van der Waals surface area contributed by atoms with Gasteiger partial charge in [-0.2, -0.15) is 5.10 Å². The fourth-order valence-corrected chi connectivity index (χ4v) is 2.99. The van der Waals surface area contributed by atoms with Crippen molar-refractivity contribution in [2.75, 3.05) is 4.72 Å². The Bertz CT molecular complexity index is 874. The second-order valence-electron chi connectivity index (χ2n) is 4.15. The van der Waals surface area contributed by atoms with Crippen LogP contribution < -0.4 is 4.72 Å². The number of para-hydroxylation sites is 1. The molecule has 0 amide bonds. The second-order valence-corrected chi connectivity index (χ2v) is 5.80. The van der Waals surface area contributed by atoms with E-state index < -0.39 is 20.7 Å². The number of aromatic amines is 1. The SMILES string of the molecule is O=S(=O)(Nc1n[nH]c2ccccc12)c1ccccc1F. The summed E-state index contributed by atoms with van der Waals surface area (Å²) in [6.45, 7) is 0. The van der Waals surface area contributed by atoms with Crippen molar-refractivity contribution < 1.29 is 12.8 Å². The number of benzene rings is 2. The first-order chi connectivity index (χ1) is 9.58. The molecule has 0 saturated heterocycles. The maximum absolute atomic E-state index is 13.6. The Morgan fingerprint density at radius 2 is 1.75 bits per heavy atom. The summed E-state index contributed by atoms with van der Waals surface area (Å²) in [5, 5.41) is 7.22. The van der Waals surface area contributed by atoms with E-state index in [2.05, 4.69) is 14.9 Å². The van der Waals surface area contributed by atoms with E-state index in [0.717, 1.165) is 6.07 Å². The molecule has 0 unspecified atom stereocenters. The van der Waals surface area contributed by atoms with E-state index in [0.29, 0.717) is 10.9 Å². The zero-order valence-corrected chi connectivity index (χ0v) is 11.0. The van der Waals surface area contributed by atoms with Crippen LogP contribution in [0.3, 0.4) is 0 Å². The molecule has 102 valence electrons. The zero-order valence-electron chi connectivity index (χ0n) is 10.2. The average molecular weight is 291 g/mol. The molecule has 3 rings (SSSR count). The third kappa shape index (κ3) is 2.12. The van der Waals surface area contributed by atoms with Gasteiger partial charge >= 0.3 is 0 Å². The molecule has 0 fully saturated rings. The lowest BCUT2D eigenvalue weighted by Crippen LogP contribution is -2.14. The lowest BCUT2D eigenvalue weighted by molar-refractivity contribution is 0.570. The van der Waals surface area contributed by atoms with Crippen LogP contribution in [0.2, 0.25) is 0 Å². The first-order valence-corrected chi connectivity index (χ1v) is 7.27. The number of fused-ring (bicyclic) bond motifs is 1. The molecule has 2 aromatic carbocycles. The van der Waals surface area contributed by atoms with E-state index in [1.165, 1.54) is 18.2 Å². The quantitative estimate of drug-likeness (QED) is 0.778. The van der Waals surface area contributed by atoms with Crippen LogP contribution in [0.4, 0.5) is 10.2 Å². The summed E-state index contributed by atoms with van der Waals surface area (Å²) in [6, 6.07) is 12.2. The van der Waals surface area contributed by atoms with E-state index in [9.17, 15) is 12.8 Å². The monoisotopic (exact) mass is 291 g/mol. The van der Waals surface area contributed by atoms with Gasteiger partial charge in [-0.1, -0.05) is 24.3 Å². The van der Waals surface area contributed by atoms with Gasteiger partial charge in [-0.15, -0.1) is 0 Å². The molecule has 7 heteroatoms. The van der Waals surface area contributed by atoms with Crippen LogP contribution >= 0.6 is 0 Å². The Labute approximate surface area is 114 Å². The first-order valence-electron chi connectivity index (χ1n) is 5.78. The Kier molecular flexibility index (Phi) is 2.90. The van der Waals surface area contributed by atoms with Gasteiger partial charge in [0.1, 0.15) is 10.7 Å². The third-order valence-electron chi connectivity index (χ3n) is 2.83. The number of rotatable bonds is 3. The largest absolute Gasteiger partial charge is 0.276 e. The van der Waals surface area contributed by atoms with E-state index >= 15 is 0 Å². The van der Waals surface area contributed by atoms with Crippen molar-refractivity contribution in [3.05, 3.63) is 54.3 Å². The number of aromatic nitrogens is 2. The predicted octanol–water partition coefficient (Wildman–Crippen LogP) is 2.50. The lowest BCUT2D eigenvalue weighted by atomic mass is 10.2. The Morgan fingerprint density at radius 3 is 2.55 bits per heavy atom. The van der Waals surface area contributed by atoms with E-state index in [4.69, 9.17) is 0 Å². The summed E-state index contributed by atoms with van der Waals surface area (Å²) in [6.07, 6.45) is 0. The van der Waals surface area contributed by atoms with Gasteiger partial charge < -0.3 is 0 Å². The van der Waals surface area contributed by atoms with Gasteiger partial charge in [0.2, 0.25) is 0 Å². The minimum Gasteiger partial charge on any atom is -0.276 e. The molecule has 0 aliphatic carbocycles. The molecule has 0 aliphatic heterocycles. The summed E-state index contributed by atoms with van der Waals surface area (Å²) in [7, 11) is -4.01. The fourth-order valence-electron chi connectivity index (χ4n) is 1.89. The molecule has 0 bridgehead atoms.